The first-order valence-electron chi connectivity index (χ1n) is 22.7. The maximum Gasteiger partial charge on any atom is 0.143 e. The molecule has 1 heterocycles. The van der Waals surface area contributed by atoms with Crippen LogP contribution in [0.25, 0.3) is 98.8 Å². The van der Waals surface area contributed by atoms with Crippen molar-refractivity contribution in [3.8, 4) is 44.5 Å². The number of furan rings is 1. The molecule has 0 aliphatic heterocycles. The molecule has 0 atom stereocenters. The van der Waals surface area contributed by atoms with Gasteiger partial charge in [0.15, 0.2) is 0 Å². The molecule has 0 saturated carbocycles. The van der Waals surface area contributed by atoms with E-state index >= 15 is 0 Å². The van der Waals surface area contributed by atoms with Gasteiger partial charge in [-0.3, -0.25) is 0 Å². The van der Waals surface area contributed by atoms with Gasteiger partial charge in [0.1, 0.15) is 11.2 Å². The predicted octanol–water partition coefficient (Wildman–Crippen LogP) is 13.7. The second-order valence-corrected chi connectivity index (χ2v) is 11.8. The Bertz CT molecular complexity index is 3590. The van der Waals surface area contributed by atoms with Crippen LogP contribution in [-0.2, 0) is 0 Å². The second-order valence-electron chi connectivity index (χ2n) is 11.8. The van der Waals surface area contributed by atoms with Crippen molar-refractivity contribution >= 4 is 54.3 Å². The van der Waals surface area contributed by atoms with E-state index in [9.17, 15) is 4.11 Å². The lowest BCUT2D eigenvalue weighted by atomic mass is 9.84. The molecule has 10 aromatic rings. The summed E-state index contributed by atoms with van der Waals surface area (Å²) in [5, 5.41) is 2.08. The first-order chi connectivity index (χ1) is 30.1. The predicted molar refractivity (Wildman–Crippen MR) is 208 cm³/mol. The monoisotopic (exact) mass is 636 g/mol. The largest absolute Gasteiger partial charge is 0.455 e. The maximum absolute atomic E-state index is 9.83. The third-order valence-electron chi connectivity index (χ3n) is 8.99. The highest BCUT2D eigenvalue weighted by atomic mass is 16.3. The van der Waals surface area contributed by atoms with E-state index in [1.165, 1.54) is 0 Å². The molecule has 1 heteroatoms. The number of benzene rings is 9. The normalized spacial score (nSPS) is 15.7. The fourth-order valence-corrected chi connectivity index (χ4v) is 6.85. The van der Waals surface area contributed by atoms with Crippen LogP contribution in [0.5, 0.6) is 0 Å². The molecule has 0 fully saturated rings. The molecule has 0 aliphatic rings. The van der Waals surface area contributed by atoms with Crippen LogP contribution in [0.4, 0.5) is 0 Å². The maximum atomic E-state index is 9.83. The zero-order chi connectivity index (χ0) is 44.5. The van der Waals surface area contributed by atoms with Crippen LogP contribution in [0, 0.1) is 0 Å². The van der Waals surface area contributed by atoms with Gasteiger partial charge in [0.05, 0.1) is 19.2 Å². The molecule has 0 N–H and O–H groups in total. The SMILES string of the molecule is [2H]c1c([2H])c([2H])c(-c2cc(-c3ccccc3)cc(-c3c4ccccc4c(-c4c([2H])c([2H])c5oc6c7c([2H])c([2H])c([2H])c([2H])c7c([2H])c([2H])c6c5c4[2H])c4ccccc34)c2)c([2H])c1[2H]. The third-order valence-corrected chi connectivity index (χ3v) is 8.99. The second kappa shape index (κ2) is 11.1. The Kier molecular flexibility index (Phi) is 3.87. The number of fused-ring (bicyclic) bond motifs is 7. The van der Waals surface area contributed by atoms with Gasteiger partial charge >= 0.3 is 0 Å². The highest BCUT2D eigenvalue weighted by molar-refractivity contribution is 6.23. The van der Waals surface area contributed by atoms with E-state index in [4.69, 9.17) is 19.5 Å². The minimum absolute atomic E-state index is 0.0372. The van der Waals surface area contributed by atoms with Gasteiger partial charge < -0.3 is 4.42 Å². The van der Waals surface area contributed by atoms with Gasteiger partial charge in [0, 0.05) is 16.2 Å². The van der Waals surface area contributed by atoms with Crippen LogP contribution in [-0.4, -0.2) is 0 Å². The molecule has 9 aromatic carbocycles. The number of hydrogen-bond acceptors (Lipinski definition) is 1. The summed E-state index contributed by atoms with van der Waals surface area (Å²) in [5.41, 5.74) is 3.46. The Morgan fingerprint density at radius 3 is 1.67 bits per heavy atom. The summed E-state index contributed by atoms with van der Waals surface area (Å²) in [6, 6.07) is 23.7. The zero-order valence-electron chi connectivity index (χ0n) is 39.6. The fourth-order valence-electron chi connectivity index (χ4n) is 6.85. The Morgan fingerprint density at radius 2 is 0.959 bits per heavy atom. The molecule has 10 rings (SSSR count). The third kappa shape index (κ3) is 4.47. The topological polar surface area (TPSA) is 13.1 Å². The molecule has 0 saturated heterocycles. The molecular formula is C48H30O. The summed E-state index contributed by atoms with van der Waals surface area (Å²) in [7, 11) is 0. The standard InChI is InChI=1S/C48H30O/c1-3-13-31(14-4-1)35-27-36(32-15-5-2-6-16-32)29-37(28-35)47-41-21-11-9-19-39(41)46(40-20-10-12-22-42(40)47)34-24-26-45-44(30-34)43-25-23-33-17-7-8-18-38(33)48(43)49-45/h1-30H/i1D,3D,4D,7D,8D,13D,14D,17D,18D,23D,24D,25D,26D,30D. The van der Waals surface area contributed by atoms with Crippen molar-refractivity contribution in [1.29, 1.82) is 0 Å². The molecule has 228 valence electrons. The highest BCUT2D eigenvalue weighted by Crippen LogP contribution is 2.46. The molecule has 0 radical (unpaired) electrons. The van der Waals surface area contributed by atoms with E-state index in [1.54, 1.807) is 6.07 Å². The van der Waals surface area contributed by atoms with Crippen LogP contribution in [0.2, 0.25) is 0 Å². The van der Waals surface area contributed by atoms with Gasteiger partial charge in [-0.2, -0.15) is 0 Å². The minimum atomic E-state index is -0.576. The Labute approximate surface area is 304 Å². The van der Waals surface area contributed by atoms with Crippen LogP contribution in [0.3, 0.4) is 0 Å². The van der Waals surface area contributed by atoms with Crippen LogP contribution < -0.4 is 0 Å². The quantitative estimate of drug-likeness (QED) is 0.175. The summed E-state index contributed by atoms with van der Waals surface area (Å²) >= 11 is 0. The molecular weight excluding hydrogens is 593 g/mol. The first kappa shape index (κ1) is 17.1. The molecule has 1 aromatic heterocycles. The molecule has 0 spiro atoms. The van der Waals surface area contributed by atoms with E-state index in [-0.39, 0.29) is 68.0 Å². The summed E-state index contributed by atoms with van der Waals surface area (Å²) in [6.07, 6.45) is 0. The number of hydrogen-bond donors (Lipinski definition) is 0. The molecule has 0 unspecified atom stereocenters. The fraction of sp³-hybridized carbons (Fsp3) is 0. The molecule has 1 nitrogen and oxygen atoms in total. The van der Waals surface area contributed by atoms with Gasteiger partial charge in [0.25, 0.3) is 0 Å². The van der Waals surface area contributed by atoms with E-state index in [2.05, 4.69) is 0 Å². The summed E-state index contributed by atoms with van der Waals surface area (Å²) < 4.78 is 130. The van der Waals surface area contributed by atoms with Gasteiger partial charge in [-0.15, -0.1) is 0 Å². The van der Waals surface area contributed by atoms with Gasteiger partial charge in [-0.25, -0.2) is 0 Å². The number of rotatable bonds is 4. The zero-order valence-corrected chi connectivity index (χ0v) is 25.6. The van der Waals surface area contributed by atoms with Gasteiger partial charge in [-0.1, -0.05) is 145 Å². The van der Waals surface area contributed by atoms with Crippen molar-refractivity contribution in [2.75, 3.05) is 0 Å². The van der Waals surface area contributed by atoms with Crippen LogP contribution in [0.15, 0.2) is 186 Å². The lowest BCUT2D eigenvalue weighted by molar-refractivity contribution is 0.672. The van der Waals surface area contributed by atoms with Crippen molar-refractivity contribution in [1.82, 2.24) is 0 Å². The average Bonchev–Trinajstić information content (AvgIpc) is 3.70. The Morgan fingerprint density at radius 1 is 0.367 bits per heavy atom. The Balaban J connectivity index is 1.33. The highest BCUT2D eigenvalue weighted by Gasteiger charge is 2.19. The average molecular weight is 637 g/mol. The lowest BCUT2D eigenvalue weighted by Gasteiger charge is -2.19. The van der Waals surface area contributed by atoms with Crippen molar-refractivity contribution in [3.63, 3.8) is 0 Å². The summed E-state index contributed by atoms with van der Waals surface area (Å²) in [6.45, 7) is 0. The van der Waals surface area contributed by atoms with E-state index < -0.39 is 60.4 Å². The van der Waals surface area contributed by atoms with E-state index in [0.717, 1.165) is 16.7 Å². The molecule has 49 heavy (non-hydrogen) atoms. The van der Waals surface area contributed by atoms with Gasteiger partial charge in [0.2, 0.25) is 0 Å². The van der Waals surface area contributed by atoms with Crippen molar-refractivity contribution in [2.24, 2.45) is 0 Å². The first-order valence-corrected chi connectivity index (χ1v) is 15.7. The van der Waals surface area contributed by atoms with Crippen LogP contribution >= 0.6 is 0 Å². The van der Waals surface area contributed by atoms with Crippen molar-refractivity contribution in [2.45, 2.75) is 0 Å². The smallest absolute Gasteiger partial charge is 0.143 e. The van der Waals surface area contributed by atoms with E-state index in [1.807, 2.05) is 91.0 Å². The molecule has 0 aliphatic carbocycles. The van der Waals surface area contributed by atoms with Crippen molar-refractivity contribution < 1.29 is 23.6 Å². The lowest BCUT2D eigenvalue weighted by Crippen LogP contribution is -1.92. The van der Waals surface area contributed by atoms with Crippen molar-refractivity contribution in [3.05, 3.63) is 182 Å². The minimum Gasteiger partial charge on any atom is -0.455 e. The van der Waals surface area contributed by atoms with Gasteiger partial charge in [-0.05, 0) is 108 Å². The Hall–Kier alpha value is -6.44. The molecule has 0 amide bonds. The summed E-state index contributed by atoms with van der Waals surface area (Å²) in [4.78, 5) is 0. The van der Waals surface area contributed by atoms with E-state index in [0.29, 0.717) is 38.2 Å². The molecule has 0 bridgehead atoms. The van der Waals surface area contributed by atoms with Crippen LogP contribution in [0.1, 0.15) is 19.2 Å². The summed E-state index contributed by atoms with van der Waals surface area (Å²) in [5.74, 6) is 0.